The summed E-state index contributed by atoms with van der Waals surface area (Å²) in [5.41, 5.74) is 0.403. The van der Waals surface area contributed by atoms with E-state index in [0.29, 0.717) is 26.7 Å². The van der Waals surface area contributed by atoms with Crippen LogP contribution in [0.3, 0.4) is 0 Å². The van der Waals surface area contributed by atoms with Crippen molar-refractivity contribution >= 4 is 51.6 Å². The molecule has 1 heterocycles. The van der Waals surface area contributed by atoms with Crippen molar-refractivity contribution in [3.63, 3.8) is 0 Å². The highest BCUT2D eigenvalue weighted by atomic mass is 35.5. The molecule has 2 aromatic rings. The molecular weight excluding hydrogens is 385 g/mol. The molecule has 0 radical (unpaired) electrons. The van der Waals surface area contributed by atoms with Crippen molar-refractivity contribution in [1.82, 2.24) is 20.8 Å². The fourth-order valence-electron chi connectivity index (χ4n) is 2.01. The summed E-state index contributed by atoms with van der Waals surface area (Å²) in [5, 5.41) is 18.1. The minimum Gasteiger partial charge on any atom is -0.350 e. The molecule has 1 aliphatic carbocycles. The van der Waals surface area contributed by atoms with Gasteiger partial charge in [0.05, 0.1) is 10.0 Å². The Morgan fingerprint density at radius 3 is 2.60 bits per heavy atom. The van der Waals surface area contributed by atoms with Gasteiger partial charge in [-0.25, -0.2) is 4.79 Å². The zero-order valence-corrected chi connectivity index (χ0v) is 15.3. The Kier molecular flexibility index (Phi) is 5.72. The molecule has 0 aliphatic heterocycles. The quantitative estimate of drug-likeness (QED) is 0.649. The number of benzene rings is 1. The molecule has 10 heteroatoms. The van der Waals surface area contributed by atoms with Crippen molar-refractivity contribution in [2.24, 2.45) is 0 Å². The highest BCUT2D eigenvalue weighted by Gasteiger charge is 2.27. The highest BCUT2D eigenvalue weighted by Crippen LogP contribution is 2.41. The fourth-order valence-corrected chi connectivity index (χ4v) is 3.22. The van der Waals surface area contributed by atoms with Crippen LogP contribution in [0.4, 0.5) is 9.93 Å². The van der Waals surface area contributed by atoms with Gasteiger partial charge in [-0.05, 0) is 31.0 Å². The van der Waals surface area contributed by atoms with Crippen LogP contribution in [0.15, 0.2) is 18.2 Å². The lowest BCUT2D eigenvalue weighted by molar-refractivity contribution is 0.0954. The molecular formula is C15H15Cl2N5O2S. The summed E-state index contributed by atoms with van der Waals surface area (Å²) in [7, 11) is 0. The van der Waals surface area contributed by atoms with E-state index in [4.69, 9.17) is 23.2 Å². The third-order valence-corrected chi connectivity index (χ3v) is 5.21. The predicted octanol–water partition coefficient (Wildman–Crippen LogP) is 3.27. The van der Waals surface area contributed by atoms with Gasteiger partial charge in [-0.1, -0.05) is 34.5 Å². The van der Waals surface area contributed by atoms with E-state index in [-0.39, 0.29) is 25.0 Å². The van der Waals surface area contributed by atoms with Crippen LogP contribution in [0.2, 0.25) is 10.0 Å². The first-order chi connectivity index (χ1) is 12.0. The monoisotopic (exact) mass is 399 g/mol. The molecule has 0 unspecified atom stereocenters. The molecule has 0 bridgehead atoms. The molecule has 1 saturated carbocycles. The van der Waals surface area contributed by atoms with Gasteiger partial charge in [-0.3, -0.25) is 10.1 Å². The van der Waals surface area contributed by atoms with E-state index in [1.165, 1.54) is 17.4 Å². The van der Waals surface area contributed by atoms with Gasteiger partial charge in [-0.15, -0.1) is 10.2 Å². The number of hydrogen-bond donors (Lipinski definition) is 3. The minimum atomic E-state index is -0.387. The number of nitrogens with one attached hydrogen (secondary N) is 3. The molecule has 7 nitrogen and oxygen atoms in total. The molecule has 1 fully saturated rings. The normalized spacial score (nSPS) is 13.4. The van der Waals surface area contributed by atoms with E-state index < -0.39 is 0 Å². The average molecular weight is 400 g/mol. The Hall–Kier alpha value is -1.90. The molecule has 1 aliphatic rings. The van der Waals surface area contributed by atoms with E-state index in [9.17, 15) is 9.59 Å². The smallest absolute Gasteiger partial charge is 0.321 e. The van der Waals surface area contributed by atoms with Crippen LogP contribution >= 0.6 is 34.5 Å². The van der Waals surface area contributed by atoms with Crippen LogP contribution in [-0.2, 0) is 0 Å². The number of rotatable bonds is 6. The van der Waals surface area contributed by atoms with Gasteiger partial charge in [0.15, 0.2) is 0 Å². The van der Waals surface area contributed by atoms with E-state index in [2.05, 4.69) is 26.1 Å². The average Bonchev–Trinajstić information content (AvgIpc) is 3.34. The molecule has 1 aromatic heterocycles. The SMILES string of the molecule is O=C(NCCNC(=O)c1ccc(Cl)c(Cl)c1)Nc1nnc(C2CC2)s1. The Morgan fingerprint density at radius 1 is 1.12 bits per heavy atom. The Labute approximate surface area is 158 Å². The zero-order chi connectivity index (χ0) is 17.8. The number of carbonyl (C=O) groups is 2. The number of aromatic nitrogens is 2. The van der Waals surface area contributed by atoms with Crippen molar-refractivity contribution < 1.29 is 9.59 Å². The van der Waals surface area contributed by atoms with E-state index >= 15 is 0 Å². The second kappa shape index (κ2) is 7.99. The Balaban J connectivity index is 1.37. The zero-order valence-electron chi connectivity index (χ0n) is 13.0. The Morgan fingerprint density at radius 2 is 1.88 bits per heavy atom. The number of anilines is 1. The first-order valence-electron chi connectivity index (χ1n) is 7.64. The molecule has 0 spiro atoms. The van der Waals surface area contributed by atoms with Crippen LogP contribution in [-0.4, -0.2) is 35.2 Å². The lowest BCUT2D eigenvalue weighted by atomic mass is 10.2. The maximum Gasteiger partial charge on any atom is 0.321 e. The van der Waals surface area contributed by atoms with Crippen molar-refractivity contribution in [3.05, 3.63) is 38.8 Å². The molecule has 3 rings (SSSR count). The third-order valence-electron chi connectivity index (χ3n) is 3.47. The summed E-state index contributed by atoms with van der Waals surface area (Å²) < 4.78 is 0. The van der Waals surface area contributed by atoms with E-state index in [1.54, 1.807) is 12.1 Å². The lowest BCUT2D eigenvalue weighted by Crippen LogP contribution is -2.36. The van der Waals surface area contributed by atoms with Crippen LogP contribution in [0.5, 0.6) is 0 Å². The van der Waals surface area contributed by atoms with Gasteiger partial charge in [0.25, 0.3) is 5.91 Å². The van der Waals surface area contributed by atoms with Crippen LogP contribution in [0.25, 0.3) is 0 Å². The number of hydrogen-bond acceptors (Lipinski definition) is 5. The lowest BCUT2D eigenvalue weighted by Gasteiger charge is -2.07. The van der Waals surface area contributed by atoms with Crippen molar-refractivity contribution in [2.45, 2.75) is 18.8 Å². The predicted molar refractivity (Wildman–Crippen MR) is 97.7 cm³/mol. The summed E-state index contributed by atoms with van der Waals surface area (Å²) in [4.78, 5) is 23.7. The summed E-state index contributed by atoms with van der Waals surface area (Å²) in [6.07, 6.45) is 2.28. The van der Waals surface area contributed by atoms with Gasteiger partial charge in [0.2, 0.25) is 5.13 Å². The van der Waals surface area contributed by atoms with Gasteiger partial charge in [0, 0.05) is 24.6 Å². The Bertz CT molecular complexity index is 794. The largest absolute Gasteiger partial charge is 0.350 e. The van der Waals surface area contributed by atoms with E-state index in [0.717, 1.165) is 17.8 Å². The number of urea groups is 1. The maximum absolute atomic E-state index is 12.0. The second-order valence-electron chi connectivity index (χ2n) is 5.49. The number of carbonyl (C=O) groups excluding carboxylic acids is 2. The molecule has 3 N–H and O–H groups in total. The highest BCUT2D eigenvalue weighted by molar-refractivity contribution is 7.15. The summed E-state index contributed by atoms with van der Waals surface area (Å²) >= 11 is 13.1. The van der Waals surface area contributed by atoms with Gasteiger partial charge in [0.1, 0.15) is 5.01 Å². The summed E-state index contributed by atoms with van der Waals surface area (Å²) in [5.74, 6) is 0.215. The van der Waals surface area contributed by atoms with Crippen molar-refractivity contribution in [3.8, 4) is 0 Å². The van der Waals surface area contributed by atoms with Crippen LogP contribution < -0.4 is 16.0 Å². The van der Waals surface area contributed by atoms with Gasteiger partial charge >= 0.3 is 6.03 Å². The van der Waals surface area contributed by atoms with Gasteiger partial charge < -0.3 is 10.6 Å². The standard InChI is InChI=1S/C15H15Cl2N5O2S/c16-10-4-3-9(7-11(10)17)12(23)18-5-6-19-14(24)20-15-22-21-13(25-15)8-1-2-8/h3-4,7-8H,1-2,5-6H2,(H,18,23)(H2,19,20,22,24). The first-order valence-corrected chi connectivity index (χ1v) is 9.21. The van der Waals surface area contributed by atoms with Crippen molar-refractivity contribution in [1.29, 1.82) is 0 Å². The second-order valence-corrected chi connectivity index (χ2v) is 7.31. The number of halogens is 2. The van der Waals surface area contributed by atoms with E-state index in [1.807, 2.05) is 0 Å². The van der Waals surface area contributed by atoms with Crippen LogP contribution in [0.1, 0.15) is 34.1 Å². The fraction of sp³-hybridized carbons (Fsp3) is 0.333. The summed E-state index contributed by atoms with van der Waals surface area (Å²) in [6.45, 7) is 0.545. The van der Waals surface area contributed by atoms with Crippen LogP contribution in [0, 0.1) is 0 Å². The molecule has 0 atom stereocenters. The molecule has 132 valence electrons. The first kappa shape index (κ1) is 17.9. The molecule has 3 amide bonds. The third kappa shape index (κ3) is 5.04. The number of nitrogens with zero attached hydrogens (tertiary/aromatic N) is 2. The minimum absolute atomic E-state index is 0.271. The molecule has 1 aromatic carbocycles. The summed E-state index contributed by atoms with van der Waals surface area (Å²) in [6, 6.07) is 4.24. The van der Waals surface area contributed by atoms with Crippen molar-refractivity contribution in [2.75, 3.05) is 18.4 Å². The van der Waals surface area contributed by atoms with Gasteiger partial charge in [-0.2, -0.15) is 0 Å². The molecule has 25 heavy (non-hydrogen) atoms. The topological polar surface area (TPSA) is 96.0 Å². The molecule has 0 saturated heterocycles. The maximum atomic E-state index is 12.0. The number of amides is 3.